The summed E-state index contributed by atoms with van der Waals surface area (Å²) in [4.78, 5) is 14.0. The van der Waals surface area contributed by atoms with Gasteiger partial charge in [-0.25, -0.2) is 0 Å². The molecule has 4 nitrogen and oxygen atoms in total. The normalized spacial score (nSPS) is 20.9. The molecule has 0 spiro atoms. The lowest BCUT2D eigenvalue weighted by Gasteiger charge is -2.35. The fourth-order valence-electron chi connectivity index (χ4n) is 2.39. The molecule has 0 saturated carbocycles. The van der Waals surface area contributed by atoms with Crippen molar-refractivity contribution in [2.24, 2.45) is 0 Å². The van der Waals surface area contributed by atoms with E-state index >= 15 is 0 Å². The highest BCUT2D eigenvalue weighted by molar-refractivity contribution is 5.76. The number of rotatable bonds is 6. The van der Waals surface area contributed by atoms with Crippen molar-refractivity contribution in [1.82, 2.24) is 10.2 Å². The minimum Gasteiger partial charge on any atom is -0.396 e. The van der Waals surface area contributed by atoms with Crippen molar-refractivity contribution in [3.05, 3.63) is 0 Å². The Balaban J connectivity index is 2.36. The van der Waals surface area contributed by atoms with Gasteiger partial charge in [-0.1, -0.05) is 13.8 Å². The van der Waals surface area contributed by atoms with Gasteiger partial charge in [0.25, 0.3) is 0 Å². The van der Waals surface area contributed by atoms with Gasteiger partial charge in [0.1, 0.15) is 0 Å². The second-order valence-corrected chi connectivity index (χ2v) is 5.11. The Labute approximate surface area is 104 Å². The average molecular weight is 242 g/mol. The minimum absolute atomic E-state index is 0.179. The standard InChI is InChI=1S/C13H26N2O2/c1-11(2)14-8-6-13(17)15-9-4-3-5-12(15)7-10-16/h11-12,14,16H,3-10H2,1-2H3. The third kappa shape index (κ3) is 5.04. The zero-order valence-electron chi connectivity index (χ0n) is 11.1. The van der Waals surface area contributed by atoms with E-state index in [-0.39, 0.29) is 18.6 Å². The van der Waals surface area contributed by atoms with Crippen LogP contribution in [0.2, 0.25) is 0 Å². The van der Waals surface area contributed by atoms with Crippen molar-refractivity contribution in [3.8, 4) is 0 Å². The molecule has 17 heavy (non-hydrogen) atoms. The van der Waals surface area contributed by atoms with Gasteiger partial charge in [0.05, 0.1) is 0 Å². The van der Waals surface area contributed by atoms with Crippen LogP contribution >= 0.6 is 0 Å². The van der Waals surface area contributed by atoms with Gasteiger partial charge in [0, 0.05) is 38.2 Å². The molecule has 1 amide bonds. The predicted octanol–water partition coefficient (Wildman–Crippen LogP) is 1.14. The van der Waals surface area contributed by atoms with Crippen LogP contribution in [-0.4, -0.2) is 47.7 Å². The lowest BCUT2D eigenvalue weighted by atomic mass is 9.99. The summed E-state index contributed by atoms with van der Waals surface area (Å²) in [6.45, 7) is 5.96. The first-order valence-electron chi connectivity index (χ1n) is 6.79. The molecule has 1 heterocycles. The zero-order chi connectivity index (χ0) is 12.7. The Kier molecular flexibility index (Phi) is 6.52. The molecule has 1 aliphatic rings. The van der Waals surface area contributed by atoms with Crippen LogP contribution in [-0.2, 0) is 4.79 Å². The van der Waals surface area contributed by atoms with E-state index in [1.54, 1.807) is 0 Å². The molecule has 2 N–H and O–H groups in total. The average Bonchev–Trinajstić information content (AvgIpc) is 2.29. The van der Waals surface area contributed by atoms with E-state index < -0.39 is 0 Å². The first kappa shape index (κ1) is 14.5. The van der Waals surface area contributed by atoms with Crippen molar-refractivity contribution in [3.63, 3.8) is 0 Å². The van der Waals surface area contributed by atoms with E-state index in [0.717, 1.165) is 32.4 Å². The summed E-state index contributed by atoms with van der Waals surface area (Å²) in [5, 5.41) is 12.3. The number of hydrogen-bond donors (Lipinski definition) is 2. The number of hydrogen-bond acceptors (Lipinski definition) is 3. The number of amides is 1. The smallest absolute Gasteiger partial charge is 0.224 e. The van der Waals surface area contributed by atoms with E-state index in [2.05, 4.69) is 19.2 Å². The van der Waals surface area contributed by atoms with Crippen molar-refractivity contribution < 1.29 is 9.90 Å². The van der Waals surface area contributed by atoms with Gasteiger partial charge in [0.2, 0.25) is 5.91 Å². The molecule has 1 unspecified atom stereocenters. The molecule has 0 aliphatic carbocycles. The highest BCUT2D eigenvalue weighted by Crippen LogP contribution is 2.20. The predicted molar refractivity (Wildman–Crippen MR) is 68.8 cm³/mol. The number of nitrogens with zero attached hydrogens (tertiary/aromatic N) is 1. The summed E-state index contributed by atoms with van der Waals surface area (Å²) in [6.07, 6.45) is 4.62. The monoisotopic (exact) mass is 242 g/mol. The van der Waals surface area contributed by atoms with Gasteiger partial charge < -0.3 is 15.3 Å². The Morgan fingerprint density at radius 3 is 2.88 bits per heavy atom. The molecule has 0 bridgehead atoms. The molecular formula is C13H26N2O2. The van der Waals surface area contributed by atoms with E-state index in [1.165, 1.54) is 6.42 Å². The number of carbonyl (C=O) groups is 1. The molecule has 1 rings (SSSR count). The maximum atomic E-state index is 12.1. The third-order valence-corrected chi connectivity index (χ3v) is 3.30. The van der Waals surface area contributed by atoms with Crippen LogP contribution < -0.4 is 5.32 Å². The van der Waals surface area contributed by atoms with Crippen LogP contribution in [0, 0.1) is 0 Å². The molecule has 1 saturated heterocycles. The first-order chi connectivity index (χ1) is 8.15. The number of aliphatic hydroxyl groups is 1. The van der Waals surface area contributed by atoms with E-state index in [4.69, 9.17) is 5.11 Å². The quantitative estimate of drug-likeness (QED) is 0.734. The molecule has 0 aromatic heterocycles. The highest BCUT2D eigenvalue weighted by Gasteiger charge is 2.25. The molecular weight excluding hydrogens is 216 g/mol. The van der Waals surface area contributed by atoms with Crippen molar-refractivity contribution in [2.45, 2.75) is 58.0 Å². The second kappa shape index (κ2) is 7.67. The van der Waals surface area contributed by atoms with Gasteiger partial charge >= 0.3 is 0 Å². The lowest BCUT2D eigenvalue weighted by molar-refractivity contribution is -0.135. The summed E-state index contributed by atoms with van der Waals surface area (Å²) in [6, 6.07) is 0.692. The van der Waals surface area contributed by atoms with Gasteiger partial charge in [0.15, 0.2) is 0 Å². The SMILES string of the molecule is CC(C)NCCC(=O)N1CCCCC1CCO. The number of piperidine rings is 1. The van der Waals surface area contributed by atoms with Crippen LogP contribution in [0.25, 0.3) is 0 Å². The molecule has 1 atom stereocenters. The summed E-state index contributed by atoms with van der Waals surface area (Å²) in [5.74, 6) is 0.233. The van der Waals surface area contributed by atoms with Crippen LogP contribution in [0.15, 0.2) is 0 Å². The molecule has 100 valence electrons. The Morgan fingerprint density at radius 1 is 1.47 bits per heavy atom. The van der Waals surface area contributed by atoms with Crippen molar-refractivity contribution in [1.29, 1.82) is 0 Å². The minimum atomic E-state index is 0.179. The fourth-order valence-corrected chi connectivity index (χ4v) is 2.39. The highest BCUT2D eigenvalue weighted by atomic mass is 16.3. The first-order valence-corrected chi connectivity index (χ1v) is 6.79. The molecule has 4 heteroatoms. The Bertz CT molecular complexity index is 229. The van der Waals surface area contributed by atoms with Gasteiger partial charge in [-0.3, -0.25) is 4.79 Å². The van der Waals surface area contributed by atoms with Crippen LogP contribution in [0.4, 0.5) is 0 Å². The number of likely N-dealkylation sites (tertiary alicyclic amines) is 1. The van der Waals surface area contributed by atoms with Gasteiger partial charge in [-0.05, 0) is 25.7 Å². The lowest BCUT2D eigenvalue weighted by Crippen LogP contribution is -2.45. The van der Waals surface area contributed by atoms with Crippen LogP contribution in [0.5, 0.6) is 0 Å². The summed E-state index contributed by atoms with van der Waals surface area (Å²) in [5.41, 5.74) is 0. The third-order valence-electron chi connectivity index (χ3n) is 3.30. The maximum Gasteiger partial charge on any atom is 0.224 e. The molecule has 0 aromatic carbocycles. The molecule has 1 aliphatic heterocycles. The van der Waals surface area contributed by atoms with Crippen LogP contribution in [0.1, 0.15) is 46.0 Å². The van der Waals surface area contributed by atoms with Crippen molar-refractivity contribution in [2.75, 3.05) is 19.7 Å². The Hall–Kier alpha value is -0.610. The topological polar surface area (TPSA) is 52.6 Å². The number of aliphatic hydroxyl groups excluding tert-OH is 1. The second-order valence-electron chi connectivity index (χ2n) is 5.11. The van der Waals surface area contributed by atoms with Gasteiger partial charge in [-0.2, -0.15) is 0 Å². The largest absolute Gasteiger partial charge is 0.396 e. The van der Waals surface area contributed by atoms with E-state index in [1.807, 2.05) is 4.90 Å². The summed E-state index contributed by atoms with van der Waals surface area (Å²) in [7, 11) is 0. The van der Waals surface area contributed by atoms with Crippen molar-refractivity contribution >= 4 is 5.91 Å². The van der Waals surface area contributed by atoms with Gasteiger partial charge in [-0.15, -0.1) is 0 Å². The summed E-state index contributed by atoms with van der Waals surface area (Å²) < 4.78 is 0. The molecule has 0 radical (unpaired) electrons. The Morgan fingerprint density at radius 2 is 2.24 bits per heavy atom. The van der Waals surface area contributed by atoms with Crippen LogP contribution in [0.3, 0.4) is 0 Å². The number of nitrogens with one attached hydrogen (secondary N) is 1. The zero-order valence-corrected chi connectivity index (χ0v) is 11.1. The van der Waals surface area contributed by atoms with E-state index in [0.29, 0.717) is 12.5 Å². The molecule has 1 fully saturated rings. The van der Waals surface area contributed by atoms with E-state index in [9.17, 15) is 4.79 Å². The summed E-state index contributed by atoms with van der Waals surface area (Å²) >= 11 is 0. The molecule has 0 aromatic rings. The fraction of sp³-hybridized carbons (Fsp3) is 0.923. The maximum absolute atomic E-state index is 12.1. The number of carbonyl (C=O) groups excluding carboxylic acids is 1.